The summed E-state index contributed by atoms with van der Waals surface area (Å²) >= 11 is 0. The summed E-state index contributed by atoms with van der Waals surface area (Å²) in [5.74, 6) is -1.57. The Labute approximate surface area is 147 Å². The lowest BCUT2D eigenvalue weighted by Crippen LogP contribution is -2.32. The van der Waals surface area contributed by atoms with Gasteiger partial charge in [-0.3, -0.25) is 13.4 Å². The highest BCUT2D eigenvalue weighted by Crippen LogP contribution is 2.64. The number of rotatable bonds is 6. The standard InChI is InChI=1S/C17H21F2N3O2S/c18-13-8-9-15(14(19)12-13)22-17-7-3-2-6-16(17)21(25(22,23)24)11-5-1-4-10-20/h2-3,6-9,12,23-24H,1,4-5,10-11,20H2. The predicted molar refractivity (Wildman–Crippen MR) is 98.0 cm³/mol. The zero-order chi connectivity index (χ0) is 18.0. The number of benzene rings is 2. The molecule has 0 aromatic heterocycles. The molecule has 0 bridgehead atoms. The highest BCUT2D eigenvalue weighted by Gasteiger charge is 2.42. The molecule has 4 N–H and O–H groups in total. The van der Waals surface area contributed by atoms with E-state index in [9.17, 15) is 17.9 Å². The second-order valence-corrected chi connectivity index (χ2v) is 7.61. The minimum atomic E-state index is -3.49. The van der Waals surface area contributed by atoms with Crippen molar-refractivity contribution < 1.29 is 17.9 Å². The molecule has 0 radical (unpaired) electrons. The molecular weight excluding hydrogens is 348 g/mol. The Hall–Kier alpha value is -1.87. The number of para-hydroxylation sites is 2. The van der Waals surface area contributed by atoms with Crippen molar-refractivity contribution in [1.29, 1.82) is 0 Å². The van der Waals surface area contributed by atoms with Crippen LogP contribution in [-0.4, -0.2) is 22.2 Å². The lowest BCUT2D eigenvalue weighted by Gasteiger charge is -2.43. The van der Waals surface area contributed by atoms with Crippen molar-refractivity contribution >= 4 is 28.0 Å². The van der Waals surface area contributed by atoms with E-state index in [1.54, 1.807) is 24.3 Å². The molecule has 1 heterocycles. The van der Waals surface area contributed by atoms with E-state index in [-0.39, 0.29) is 5.69 Å². The van der Waals surface area contributed by atoms with Gasteiger partial charge >= 0.3 is 0 Å². The lowest BCUT2D eigenvalue weighted by molar-refractivity contribution is 0.481. The van der Waals surface area contributed by atoms with E-state index in [0.29, 0.717) is 24.5 Å². The topological polar surface area (TPSA) is 73.0 Å². The van der Waals surface area contributed by atoms with Gasteiger partial charge in [0.15, 0.2) is 5.82 Å². The van der Waals surface area contributed by atoms with Gasteiger partial charge in [0.05, 0.1) is 11.4 Å². The average molecular weight is 369 g/mol. The highest BCUT2D eigenvalue weighted by atomic mass is 32.3. The second-order valence-electron chi connectivity index (χ2n) is 5.82. The summed E-state index contributed by atoms with van der Waals surface area (Å²) in [6, 6.07) is 10.0. The van der Waals surface area contributed by atoms with Gasteiger partial charge in [0, 0.05) is 12.6 Å². The Kier molecular flexibility index (Phi) is 5.14. The molecule has 0 amide bonds. The van der Waals surface area contributed by atoms with E-state index in [1.807, 2.05) is 0 Å². The number of hydrogen-bond donors (Lipinski definition) is 3. The van der Waals surface area contributed by atoms with Crippen molar-refractivity contribution in [2.75, 3.05) is 21.7 Å². The molecule has 0 saturated carbocycles. The van der Waals surface area contributed by atoms with Crippen LogP contribution in [0.5, 0.6) is 0 Å². The van der Waals surface area contributed by atoms with Gasteiger partial charge in [0.25, 0.3) is 0 Å². The van der Waals surface area contributed by atoms with E-state index in [4.69, 9.17) is 5.73 Å². The summed E-state index contributed by atoms with van der Waals surface area (Å²) in [5.41, 5.74) is 6.51. The minimum Gasteiger partial charge on any atom is -0.330 e. The molecule has 1 aliphatic heterocycles. The maximum atomic E-state index is 14.3. The number of fused-ring (bicyclic) bond motifs is 1. The summed E-state index contributed by atoms with van der Waals surface area (Å²) in [7, 11) is -3.49. The van der Waals surface area contributed by atoms with E-state index in [0.717, 1.165) is 35.7 Å². The molecule has 2 aromatic rings. The monoisotopic (exact) mass is 369 g/mol. The Morgan fingerprint density at radius 1 is 0.920 bits per heavy atom. The van der Waals surface area contributed by atoms with Crippen LogP contribution in [0.1, 0.15) is 19.3 Å². The second kappa shape index (κ2) is 7.17. The zero-order valence-corrected chi connectivity index (χ0v) is 14.4. The first-order valence-corrected chi connectivity index (χ1v) is 9.53. The molecule has 0 aliphatic carbocycles. The summed E-state index contributed by atoms with van der Waals surface area (Å²) in [6.07, 6.45) is 2.43. The van der Waals surface area contributed by atoms with Gasteiger partial charge in [-0.2, -0.15) is 0 Å². The first kappa shape index (κ1) is 17.9. The first-order valence-electron chi connectivity index (χ1n) is 8.07. The number of nitrogens with zero attached hydrogens (tertiary/aromatic N) is 2. The molecule has 5 nitrogen and oxygen atoms in total. The summed E-state index contributed by atoms with van der Waals surface area (Å²) in [5, 5.41) is 0. The molecule has 8 heteroatoms. The molecule has 0 unspecified atom stereocenters. The predicted octanol–water partition coefficient (Wildman–Crippen LogP) is 4.63. The molecule has 3 rings (SSSR count). The smallest absolute Gasteiger partial charge is 0.151 e. The zero-order valence-electron chi connectivity index (χ0n) is 13.6. The fourth-order valence-electron chi connectivity index (χ4n) is 2.94. The Balaban J connectivity index is 1.99. The van der Waals surface area contributed by atoms with Gasteiger partial charge in [-0.05, 0) is 54.6 Å². The summed E-state index contributed by atoms with van der Waals surface area (Å²) < 4.78 is 51.9. The van der Waals surface area contributed by atoms with Gasteiger partial charge < -0.3 is 5.73 Å². The van der Waals surface area contributed by atoms with E-state index >= 15 is 0 Å². The number of hydrogen-bond acceptors (Lipinski definition) is 5. The van der Waals surface area contributed by atoms with Crippen LogP contribution in [0.25, 0.3) is 0 Å². The van der Waals surface area contributed by atoms with Crippen molar-refractivity contribution in [2.45, 2.75) is 19.3 Å². The molecule has 0 spiro atoms. The fraction of sp³-hybridized carbons (Fsp3) is 0.294. The van der Waals surface area contributed by atoms with Crippen molar-refractivity contribution in [2.24, 2.45) is 5.73 Å². The number of halogens is 2. The molecule has 136 valence electrons. The Morgan fingerprint density at radius 2 is 1.64 bits per heavy atom. The van der Waals surface area contributed by atoms with Crippen LogP contribution in [0.15, 0.2) is 42.5 Å². The van der Waals surface area contributed by atoms with Crippen LogP contribution >= 0.6 is 11.0 Å². The minimum absolute atomic E-state index is 0.0710. The lowest BCUT2D eigenvalue weighted by atomic mass is 10.2. The highest BCUT2D eigenvalue weighted by molar-refractivity contribution is 8.27. The third-order valence-corrected chi connectivity index (χ3v) is 5.96. The number of anilines is 3. The molecule has 0 fully saturated rings. The first-order chi connectivity index (χ1) is 12.0. The van der Waals surface area contributed by atoms with Gasteiger partial charge in [-0.1, -0.05) is 18.6 Å². The molecular formula is C17H21F2N3O2S. The molecule has 0 saturated heterocycles. The van der Waals surface area contributed by atoms with Crippen LogP contribution in [0, 0.1) is 11.6 Å². The summed E-state index contributed by atoms with van der Waals surface area (Å²) in [6.45, 7) is 0.985. The van der Waals surface area contributed by atoms with Crippen LogP contribution in [-0.2, 0) is 0 Å². The Morgan fingerprint density at radius 3 is 2.32 bits per heavy atom. The third-order valence-electron chi connectivity index (χ3n) is 4.10. The van der Waals surface area contributed by atoms with Crippen LogP contribution < -0.4 is 14.3 Å². The van der Waals surface area contributed by atoms with Crippen molar-refractivity contribution in [1.82, 2.24) is 0 Å². The van der Waals surface area contributed by atoms with Gasteiger partial charge in [-0.15, -0.1) is 0 Å². The van der Waals surface area contributed by atoms with Crippen LogP contribution in [0.4, 0.5) is 25.8 Å². The number of unbranched alkanes of at least 4 members (excludes halogenated alkanes) is 2. The maximum absolute atomic E-state index is 14.3. The van der Waals surface area contributed by atoms with Crippen molar-refractivity contribution in [3.8, 4) is 0 Å². The Bertz CT molecular complexity index is 760. The molecule has 0 atom stereocenters. The van der Waals surface area contributed by atoms with Crippen LogP contribution in [0.2, 0.25) is 0 Å². The van der Waals surface area contributed by atoms with Crippen molar-refractivity contribution in [3.63, 3.8) is 0 Å². The van der Waals surface area contributed by atoms with Gasteiger partial charge in [-0.25, -0.2) is 13.1 Å². The fourth-order valence-corrected chi connectivity index (χ4v) is 4.76. The quantitative estimate of drug-likeness (QED) is 0.647. The van der Waals surface area contributed by atoms with E-state index < -0.39 is 22.6 Å². The van der Waals surface area contributed by atoms with E-state index in [2.05, 4.69) is 0 Å². The van der Waals surface area contributed by atoms with E-state index in [1.165, 1.54) is 10.4 Å². The maximum Gasteiger partial charge on any atom is 0.151 e. The SMILES string of the molecule is NCCCCCN1c2ccccc2N(c2ccc(F)cc2F)S1(O)O. The van der Waals surface area contributed by atoms with Crippen molar-refractivity contribution in [3.05, 3.63) is 54.1 Å². The molecule has 1 aliphatic rings. The van der Waals surface area contributed by atoms with Crippen LogP contribution in [0.3, 0.4) is 0 Å². The van der Waals surface area contributed by atoms with Gasteiger partial charge in [0.1, 0.15) is 11.5 Å². The molecule has 2 aromatic carbocycles. The van der Waals surface area contributed by atoms with Gasteiger partial charge in [0.2, 0.25) is 0 Å². The molecule has 25 heavy (non-hydrogen) atoms. The largest absolute Gasteiger partial charge is 0.330 e. The summed E-state index contributed by atoms with van der Waals surface area (Å²) in [4.78, 5) is 0. The normalized spacial score (nSPS) is 16.8. The third kappa shape index (κ3) is 3.30. The average Bonchev–Trinajstić information content (AvgIpc) is 2.79. The number of nitrogens with two attached hydrogens (primary N) is 1.